The van der Waals surface area contributed by atoms with Crippen molar-refractivity contribution in [1.82, 2.24) is 0 Å². The molecule has 5 rings (SSSR count). The molecule has 0 radical (unpaired) electrons. The third-order valence-electron chi connectivity index (χ3n) is 4.98. The molecule has 0 saturated carbocycles. The normalized spacial score (nSPS) is 19.6. The largest absolute Gasteiger partial charge is 0.465 e. The average Bonchev–Trinajstić information content (AvgIpc) is 2.75. The first-order valence-electron chi connectivity index (χ1n) is 7.14. The molecule has 0 aliphatic heterocycles. The van der Waals surface area contributed by atoms with Gasteiger partial charge in [0.05, 0.1) is 0 Å². The van der Waals surface area contributed by atoms with Gasteiger partial charge in [-0.25, -0.2) is 0 Å². The maximum absolute atomic E-state index is 6.18. The van der Waals surface area contributed by atoms with Crippen LogP contribution in [0.25, 0.3) is 0 Å². The molecule has 3 aliphatic rings. The van der Waals surface area contributed by atoms with Crippen LogP contribution in [-0.4, -0.2) is 0 Å². The van der Waals surface area contributed by atoms with Gasteiger partial charge in [0, 0.05) is 25.7 Å². The Bertz CT molecular complexity index is 546. The van der Waals surface area contributed by atoms with Gasteiger partial charge >= 0.3 is 0 Å². The Morgan fingerprint density at radius 1 is 0.389 bits per heavy atom. The Hall–Kier alpha value is -1.44. The molecule has 4 bridgehead atoms. The molecule has 0 aromatic carbocycles. The second-order valence-corrected chi connectivity index (χ2v) is 5.81. The van der Waals surface area contributed by atoms with E-state index in [1.807, 2.05) is 0 Å². The highest BCUT2D eigenvalue weighted by Crippen LogP contribution is 2.39. The summed E-state index contributed by atoms with van der Waals surface area (Å²) < 4.78 is 12.4. The Balaban J connectivity index is 1.89. The van der Waals surface area contributed by atoms with Gasteiger partial charge in [0.1, 0.15) is 23.0 Å². The van der Waals surface area contributed by atoms with Gasteiger partial charge in [-0.2, -0.15) is 0 Å². The van der Waals surface area contributed by atoms with Crippen LogP contribution >= 0.6 is 0 Å². The number of furan rings is 2. The molecule has 3 aliphatic carbocycles. The molecule has 0 N–H and O–H groups in total. The van der Waals surface area contributed by atoms with Crippen LogP contribution in [0, 0.1) is 0 Å². The van der Waals surface area contributed by atoms with E-state index in [-0.39, 0.29) is 0 Å². The second kappa shape index (κ2) is 3.11. The Morgan fingerprint density at radius 2 is 0.667 bits per heavy atom. The molecule has 0 amide bonds. The highest BCUT2D eigenvalue weighted by atomic mass is 16.4. The number of aryl methyl sites for hydroxylation is 4. The fourth-order valence-electron chi connectivity index (χ4n) is 4.14. The van der Waals surface area contributed by atoms with Gasteiger partial charge in [-0.05, 0) is 47.9 Å². The predicted octanol–water partition coefficient (Wildman–Crippen LogP) is 2.95. The Kier molecular flexibility index (Phi) is 1.64. The van der Waals surface area contributed by atoms with Crippen molar-refractivity contribution in [3.8, 4) is 0 Å². The zero-order valence-electron chi connectivity index (χ0n) is 10.5. The summed E-state index contributed by atoms with van der Waals surface area (Å²) in [7, 11) is 0. The van der Waals surface area contributed by atoms with Gasteiger partial charge in [0.2, 0.25) is 0 Å². The lowest BCUT2D eigenvalue weighted by Crippen LogP contribution is -2.12. The van der Waals surface area contributed by atoms with Crippen LogP contribution in [0.2, 0.25) is 0 Å². The number of fused-ring (bicyclic) bond motifs is 2. The van der Waals surface area contributed by atoms with Crippen LogP contribution in [-0.2, 0) is 51.4 Å². The van der Waals surface area contributed by atoms with E-state index in [9.17, 15) is 0 Å². The highest BCUT2D eigenvalue weighted by Gasteiger charge is 2.31. The van der Waals surface area contributed by atoms with Gasteiger partial charge in [-0.15, -0.1) is 0 Å². The SMILES string of the molecule is C1Cc2oc3c4c2CCc2c1oc(c2CC4)CC3. The summed E-state index contributed by atoms with van der Waals surface area (Å²) in [5.74, 6) is 5.03. The van der Waals surface area contributed by atoms with Crippen molar-refractivity contribution < 1.29 is 8.83 Å². The van der Waals surface area contributed by atoms with Crippen LogP contribution in [0.1, 0.15) is 45.3 Å². The van der Waals surface area contributed by atoms with Gasteiger partial charge in [0.15, 0.2) is 0 Å². The molecule has 2 aromatic heterocycles. The van der Waals surface area contributed by atoms with Crippen molar-refractivity contribution in [3.05, 3.63) is 45.3 Å². The minimum atomic E-state index is 1.03. The summed E-state index contributed by atoms with van der Waals surface area (Å²) in [6, 6.07) is 0. The first-order valence-corrected chi connectivity index (χ1v) is 7.14. The first-order chi connectivity index (χ1) is 8.90. The molecule has 18 heavy (non-hydrogen) atoms. The van der Waals surface area contributed by atoms with Crippen molar-refractivity contribution in [2.45, 2.75) is 51.4 Å². The maximum Gasteiger partial charge on any atom is 0.108 e. The van der Waals surface area contributed by atoms with E-state index in [0.717, 1.165) is 51.4 Å². The fourth-order valence-corrected chi connectivity index (χ4v) is 4.14. The van der Waals surface area contributed by atoms with Crippen LogP contribution in [0.15, 0.2) is 8.83 Å². The molecular formula is C16H16O2. The molecule has 2 aromatic rings. The van der Waals surface area contributed by atoms with Gasteiger partial charge < -0.3 is 8.83 Å². The van der Waals surface area contributed by atoms with Gasteiger partial charge in [-0.1, -0.05) is 0 Å². The van der Waals surface area contributed by atoms with E-state index in [2.05, 4.69) is 0 Å². The summed E-state index contributed by atoms with van der Waals surface area (Å²) >= 11 is 0. The number of hydrogen-bond donors (Lipinski definition) is 0. The van der Waals surface area contributed by atoms with E-state index < -0.39 is 0 Å². The van der Waals surface area contributed by atoms with Crippen molar-refractivity contribution in [1.29, 1.82) is 0 Å². The third kappa shape index (κ3) is 1.05. The lowest BCUT2D eigenvalue weighted by atomic mass is 9.84. The average molecular weight is 240 g/mol. The standard InChI is InChI=1S/C16H16O2/c1-2-10-12-4-3-11-9(1)13-5-6-14(10)18-16(12)8-7-15(11)17-13/h1-8H2. The zero-order valence-corrected chi connectivity index (χ0v) is 10.5. The van der Waals surface area contributed by atoms with Crippen LogP contribution in [0.4, 0.5) is 0 Å². The minimum absolute atomic E-state index is 1.03. The molecule has 0 atom stereocenters. The molecule has 2 nitrogen and oxygen atoms in total. The van der Waals surface area contributed by atoms with Gasteiger partial charge in [0.25, 0.3) is 0 Å². The summed E-state index contributed by atoms with van der Waals surface area (Å²) in [5.41, 5.74) is 6.19. The number of hydrogen-bond acceptors (Lipinski definition) is 2. The number of rotatable bonds is 0. The van der Waals surface area contributed by atoms with Gasteiger partial charge in [-0.3, -0.25) is 0 Å². The quantitative estimate of drug-likeness (QED) is 0.707. The smallest absolute Gasteiger partial charge is 0.108 e. The summed E-state index contributed by atoms with van der Waals surface area (Å²) in [5, 5.41) is 0. The first kappa shape index (κ1) is 9.48. The van der Waals surface area contributed by atoms with E-state index in [4.69, 9.17) is 8.83 Å². The molecule has 2 heterocycles. The highest BCUT2D eigenvalue weighted by molar-refractivity contribution is 5.45. The topological polar surface area (TPSA) is 26.3 Å². The molecule has 0 spiro atoms. The second-order valence-electron chi connectivity index (χ2n) is 5.81. The van der Waals surface area contributed by atoms with E-state index >= 15 is 0 Å². The lowest BCUT2D eigenvalue weighted by molar-refractivity contribution is 0.402. The molecule has 0 saturated heterocycles. The van der Waals surface area contributed by atoms with Crippen LogP contribution in [0.3, 0.4) is 0 Å². The third-order valence-corrected chi connectivity index (χ3v) is 4.98. The molecule has 2 heteroatoms. The van der Waals surface area contributed by atoms with Crippen molar-refractivity contribution in [2.24, 2.45) is 0 Å². The summed E-state index contributed by atoms with van der Waals surface area (Å²) in [6.07, 6.45) is 8.76. The minimum Gasteiger partial charge on any atom is -0.465 e. The monoisotopic (exact) mass is 240 g/mol. The van der Waals surface area contributed by atoms with Crippen molar-refractivity contribution in [2.75, 3.05) is 0 Å². The van der Waals surface area contributed by atoms with Crippen LogP contribution in [0.5, 0.6) is 0 Å². The maximum atomic E-state index is 6.18. The van der Waals surface area contributed by atoms with E-state index in [1.165, 1.54) is 23.0 Å². The molecule has 0 unspecified atom stereocenters. The Morgan fingerprint density at radius 3 is 0.944 bits per heavy atom. The summed E-state index contributed by atoms with van der Waals surface area (Å²) in [6.45, 7) is 0. The van der Waals surface area contributed by atoms with Crippen LogP contribution < -0.4 is 0 Å². The Labute approximate surface area is 106 Å². The lowest BCUT2D eigenvalue weighted by Gasteiger charge is -2.16. The molecular weight excluding hydrogens is 224 g/mol. The zero-order chi connectivity index (χ0) is 11.7. The van der Waals surface area contributed by atoms with E-state index in [1.54, 1.807) is 22.3 Å². The summed E-state index contributed by atoms with van der Waals surface area (Å²) in [4.78, 5) is 0. The van der Waals surface area contributed by atoms with Crippen molar-refractivity contribution >= 4 is 0 Å². The molecule has 92 valence electrons. The molecule has 0 fully saturated rings. The fraction of sp³-hybridized carbons (Fsp3) is 0.500. The van der Waals surface area contributed by atoms with E-state index in [0.29, 0.717) is 0 Å². The van der Waals surface area contributed by atoms with Crippen molar-refractivity contribution in [3.63, 3.8) is 0 Å². The predicted molar refractivity (Wildman–Crippen MR) is 67.0 cm³/mol.